The predicted octanol–water partition coefficient (Wildman–Crippen LogP) is 1.11. The molecule has 0 amide bonds. The summed E-state index contributed by atoms with van der Waals surface area (Å²) in [6, 6.07) is 1.69. The third kappa shape index (κ3) is 2.96. The van der Waals surface area contributed by atoms with Crippen LogP contribution in [0.2, 0.25) is 0 Å². The third-order valence-corrected chi connectivity index (χ3v) is 3.65. The van der Waals surface area contributed by atoms with Gasteiger partial charge in [-0.25, -0.2) is 9.78 Å². The average Bonchev–Trinajstić information content (AvgIpc) is 2.34. The van der Waals surface area contributed by atoms with E-state index < -0.39 is 5.97 Å². The van der Waals surface area contributed by atoms with Gasteiger partial charge in [0.1, 0.15) is 5.82 Å². The van der Waals surface area contributed by atoms with E-state index in [0.29, 0.717) is 11.7 Å². The van der Waals surface area contributed by atoms with Crippen molar-refractivity contribution in [1.29, 1.82) is 0 Å². The van der Waals surface area contributed by atoms with Crippen molar-refractivity contribution >= 4 is 17.5 Å². The molecule has 19 heavy (non-hydrogen) atoms. The lowest BCUT2D eigenvalue weighted by molar-refractivity contribution is 0.0698. The molecular formula is C13H20N4O2. The first kappa shape index (κ1) is 13.6. The van der Waals surface area contributed by atoms with Crippen LogP contribution in [0.4, 0.5) is 11.5 Å². The van der Waals surface area contributed by atoms with E-state index in [9.17, 15) is 4.79 Å². The first-order chi connectivity index (χ1) is 8.99. The predicted molar refractivity (Wildman–Crippen MR) is 74.3 cm³/mol. The third-order valence-electron chi connectivity index (χ3n) is 3.65. The second-order valence-corrected chi connectivity index (χ2v) is 5.20. The average molecular weight is 264 g/mol. The van der Waals surface area contributed by atoms with E-state index >= 15 is 0 Å². The van der Waals surface area contributed by atoms with Gasteiger partial charge in [-0.1, -0.05) is 6.92 Å². The van der Waals surface area contributed by atoms with Crippen LogP contribution in [0, 0.1) is 5.92 Å². The second kappa shape index (κ2) is 5.44. The molecule has 2 rings (SSSR count). The number of aromatic carboxylic acids is 1. The number of nitrogens with one attached hydrogen (secondary N) is 1. The zero-order valence-electron chi connectivity index (χ0n) is 11.3. The second-order valence-electron chi connectivity index (χ2n) is 5.20. The molecule has 2 heterocycles. The smallest absolute Gasteiger partial charge is 0.337 e. The molecule has 0 aromatic carbocycles. The van der Waals surface area contributed by atoms with E-state index in [-0.39, 0.29) is 17.3 Å². The monoisotopic (exact) mass is 264 g/mol. The molecule has 0 bridgehead atoms. The normalized spacial score (nSPS) is 24.1. The van der Waals surface area contributed by atoms with Gasteiger partial charge in [-0.2, -0.15) is 0 Å². The van der Waals surface area contributed by atoms with Gasteiger partial charge in [-0.05, 0) is 32.0 Å². The number of aromatic nitrogens is 1. The maximum Gasteiger partial charge on any atom is 0.337 e. The minimum atomic E-state index is -1.03. The van der Waals surface area contributed by atoms with E-state index in [2.05, 4.69) is 29.2 Å². The molecule has 2 unspecified atom stereocenters. The Labute approximate surface area is 112 Å². The molecule has 0 aliphatic carbocycles. The molecule has 6 heteroatoms. The van der Waals surface area contributed by atoms with Crippen molar-refractivity contribution in [3.05, 3.63) is 17.8 Å². The Bertz CT molecular complexity index is 478. The summed E-state index contributed by atoms with van der Waals surface area (Å²) in [6.45, 7) is 4.20. The Morgan fingerprint density at radius 2 is 2.37 bits per heavy atom. The Morgan fingerprint density at radius 1 is 1.63 bits per heavy atom. The minimum Gasteiger partial charge on any atom is -0.478 e. The largest absolute Gasteiger partial charge is 0.478 e. The highest BCUT2D eigenvalue weighted by Gasteiger charge is 2.25. The number of nitrogens with zero attached hydrogens (tertiary/aromatic N) is 2. The highest BCUT2D eigenvalue weighted by molar-refractivity contribution is 5.96. The lowest BCUT2D eigenvalue weighted by Crippen LogP contribution is -2.43. The number of hydrogen-bond donors (Lipinski definition) is 3. The summed E-state index contributed by atoms with van der Waals surface area (Å²) >= 11 is 0. The number of hydrogen-bond acceptors (Lipinski definition) is 5. The van der Waals surface area contributed by atoms with Crippen LogP contribution < -0.4 is 11.1 Å². The van der Waals surface area contributed by atoms with Crippen LogP contribution in [0.3, 0.4) is 0 Å². The number of likely N-dealkylation sites (tertiary alicyclic amines) is 1. The lowest BCUT2D eigenvalue weighted by Gasteiger charge is -2.35. The molecule has 1 aromatic rings. The van der Waals surface area contributed by atoms with Crippen molar-refractivity contribution < 1.29 is 9.90 Å². The molecule has 0 spiro atoms. The number of carboxylic acid groups (broad SMARTS) is 1. The standard InChI is InChI=1S/C13H20N4O2/c1-8-7-17(2)6-4-10(8)16-12-11(14)9(13(18)19)3-5-15-12/h3,5,8,10H,4,6-7,14H2,1-2H3,(H,15,16)(H,18,19). The summed E-state index contributed by atoms with van der Waals surface area (Å²) in [5, 5.41) is 12.3. The molecule has 0 radical (unpaired) electrons. The van der Waals surface area contributed by atoms with Crippen LogP contribution in [0.1, 0.15) is 23.7 Å². The number of piperidine rings is 1. The molecule has 4 N–H and O–H groups in total. The number of rotatable bonds is 3. The first-order valence-electron chi connectivity index (χ1n) is 6.42. The molecule has 1 fully saturated rings. The molecule has 1 aliphatic heterocycles. The number of nitrogens with two attached hydrogens (primary N) is 1. The van der Waals surface area contributed by atoms with Gasteiger partial charge in [0.2, 0.25) is 0 Å². The fourth-order valence-electron chi connectivity index (χ4n) is 2.52. The number of carbonyl (C=O) groups is 1. The Kier molecular flexibility index (Phi) is 3.90. The van der Waals surface area contributed by atoms with Crippen LogP contribution in [0.15, 0.2) is 12.3 Å². The number of anilines is 2. The summed E-state index contributed by atoms with van der Waals surface area (Å²) in [4.78, 5) is 17.5. The zero-order chi connectivity index (χ0) is 14.0. The summed E-state index contributed by atoms with van der Waals surface area (Å²) in [5.41, 5.74) is 6.16. The van der Waals surface area contributed by atoms with Gasteiger partial charge >= 0.3 is 5.97 Å². The van der Waals surface area contributed by atoms with Gasteiger partial charge in [0, 0.05) is 18.8 Å². The van der Waals surface area contributed by atoms with Gasteiger partial charge < -0.3 is 21.1 Å². The fourth-order valence-corrected chi connectivity index (χ4v) is 2.52. The molecule has 6 nitrogen and oxygen atoms in total. The summed E-state index contributed by atoms with van der Waals surface area (Å²) in [6.07, 6.45) is 2.47. The first-order valence-corrected chi connectivity index (χ1v) is 6.42. The van der Waals surface area contributed by atoms with Gasteiger partial charge in [-0.15, -0.1) is 0 Å². The van der Waals surface area contributed by atoms with Crippen LogP contribution >= 0.6 is 0 Å². The Hall–Kier alpha value is -1.82. The lowest BCUT2D eigenvalue weighted by atomic mass is 9.94. The maximum atomic E-state index is 11.0. The van der Waals surface area contributed by atoms with E-state index in [1.54, 1.807) is 0 Å². The van der Waals surface area contributed by atoms with Crippen molar-refractivity contribution in [3.63, 3.8) is 0 Å². The van der Waals surface area contributed by atoms with Gasteiger partial charge in [0.05, 0.1) is 11.3 Å². The number of nitrogen functional groups attached to an aromatic ring is 1. The Balaban J connectivity index is 2.15. The van der Waals surface area contributed by atoms with Crippen molar-refractivity contribution in [2.24, 2.45) is 5.92 Å². The molecule has 104 valence electrons. The SMILES string of the molecule is CC1CN(C)CCC1Nc1nccc(C(=O)O)c1N. The number of pyridine rings is 1. The van der Waals surface area contributed by atoms with Crippen molar-refractivity contribution in [2.45, 2.75) is 19.4 Å². The highest BCUT2D eigenvalue weighted by Crippen LogP contribution is 2.25. The molecule has 1 aliphatic rings. The van der Waals surface area contributed by atoms with Crippen LogP contribution in [-0.4, -0.2) is 47.1 Å². The molecule has 2 atom stereocenters. The number of carboxylic acids is 1. The molecule has 1 aromatic heterocycles. The van der Waals surface area contributed by atoms with Crippen LogP contribution in [0.5, 0.6) is 0 Å². The topological polar surface area (TPSA) is 91.5 Å². The summed E-state index contributed by atoms with van der Waals surface area (Å²) < 4.78 is 0. The Morgan fingerprint density at radius 3 is 3.00 bits per heavy atom. The maximum absolute atomic E-state index is 11.0. The summed E-state index contributed by atoms with van der Waals surface area (Å²) in [5.74, 6) is -0.0888. The van der Waals surface area contributed by atoms with Gasteiger partial charge in [0.25, 0.3) is 0 Å². The summed E-state index contributed by atoms with van der Waals surface area (Å²) in [7, 11) is 2.10. The fraction of sp³-hybridized carbons (Fsp3) is 0.538. The van der Waals surface area contributed by atoms with Crippen LogP contribution in [-0.2, 0) is 0 Å². The van der Waals surface area contributed by atoms with Crippen LogP contribution in [0.25, 0.3) is 0 Å². The molecule has 1 saturated heterocycles. The molecular weight excluding hydrogens is 244 g/mol. The molecule has 0 saturated carbocycles. The van der Waals surface area contributed by atoms with E-state index in [1.165, 1.54) is 12.3 Å². The zero-order valence-corrected chi connectivity index (χ0v) is 11.3. The van der Waals surface area contributed by atoms with Gasteiger partial charge in [0.15, 0.2) is 0 Å². The quantitative estimate of drug-likeness (QED) is 0.757. The minimum absolute atomic E-state index is 0.0954. The van der Waals surface area contributed by atoms with Crippen molar-refractivity contribution in [3.8, 4) is 0 Å². The van der Waals surface area contributed by atoms with E-state index in [4.69, 9.17) is 10.8 Å². The van der Waals surface area contributed by atoms with E-state index in [0.717, 1.165) is 19.5 Å². The van der Waals surface area contributed by atoms with E-state index in [1.807, 2.05) is 0 Å². The van der Waals surface area contributed by atoms with Crippen molar-refractivity contribution in [1.82, 2.24) is 9.88 Å². The van der Waals surface area contributed by atoms with Gasteiger partial charge in [-0.3, -0.25) is 0 Å². The highest BCUT2D eigenvalue weighted by atomic mass is 16.4. The van der Waals surface area contributed by atoms with Crippen molar-refractivity contribution in [2.75, 3.05) is 31.2 Å².